The summed E-state index contributed by atoms with van der Waals surface area (Å²) in [5, 5.41) is 0. The molecule has 0 N–H and O–H groups in total. The first-order chi connectivity index (χ1) is 12.1. The fourth-order valence-electron chi connectivity index (χ4n) is 3.16. The lowest BCUT2D eigenvalue weighted by Gasteiger charge is -2.27. The van der Waals surface area contributed by atoms with Crippen molar-refractivity contribution in [1.29, 1.82) is 0 Å². The molecule has 130 valence electrons. The summed E-state index contributed by atoms with van der Waals surface area (Å²) in [6.45, 7) is 1.25. The van der Waals surface area contributed by atoms with Gasteiger partial charge in [-0.15, -0.1) is 0 Å². The second-order valence-electron chi connectivity index (χ2n) is 6.06. The van der Waals surface area contributed by atoms with Gasteiger partial charge < -0.3 is 9.64 Å². The molecule has 3 rings (SSSR count). The van der Waals surface area contributed by atoms with Crippen LogP contribution in [0.5, 0.6) is 0 Å². The van der Waals surface area contributed by atoms with Gasteiger partial charge in [0.2, 0.25) is 0 Å². The van der Waals surface area contributed by atoms with Crippen molar-refractivity contribution in [3.8, 4) is 11.1 Å². The Balaban J connectivity index is 2.08. The molecule has 1 amide bonds. The largest absolute Gasteiger partial charge is 0.465 e. The van der Waals surface area contributed by atoms with Crippen LogP contribution in [0.25, 0.3) is 11.1 Å². The molecule has 2 aromatic rings. The predicted molar refractivity (Wildman–Crippen MR) is 92.9 cm³/mol. The number of piperidine rings is 1. The van der Waals surface area contributed by atoms with Crippen LogP contribution in [0.2, 0.25) is 0 Å². The third-order valence-corrected chi connectivity index (χ3v) is 4.49. The van der Waals surface area contributed by atoms with Gasteiger partial charge >= 0.3 is 5.97 Å². The van der Waals surface area contributed by atoms with Crippen LogP contribution in [0.15, 0.2) is 42.5 Å². The highest BCUT2D eigenvalue weighted by Crippen LogP contribution is 2.29. The van der Waals surface area contributed by atoms with Crippen molar-refractivity contribution >= 4 is 11.9 Å². The van der Waals surface area contributed by atoms with E-state index >= 15 is 4.39 Å². The van der Waals surface area contributed by atoms with Gasteiger partial charge in [-0.2, -0.15) is 0 Å². The SMILES string of the molecule is COC(=O)c1c(C(=O)N2CCCCC2)ccc(-c2ccccc2)c1F. The Morgan fingerprint density at radius 3 is 2.32 bits per heavy atom. The van der Waals surface area contributed by atoms with Crippen LogP contribution in [0.1, 0.15) is 40.0 Å². The molecule has 0 saturated carbocycles. The van der Waals surface area contributed by atoms with E-state index in [0.29, 0.717) is 18.7 Å². The molecule has 25 heavy (non-hydrogen) atoms. The maximum absolute atomic E-state index is 15.1. The molecule has 0 aliphatic carbocycles. The highest BCUT2D eigenvalue weighted by Gasteiger charge is 2.28. The van der Waals surface area contributed by atoms with Crippen molar-refractivity contribution in [3.05, 3.63) is 59.4 Å². The van der Waals surface area contributed by atoms with Crippen molar-refractivity contribution in [2.24, 2.45) is 0 Å². The van der Waals surface area contributed by atoms with Crippen LogP contribution in [0, 0.1) is 5.82 Å². The topological polar surface area (TPSA) is 46.6 Å². The molecule has 0 aromatic heterocycles. The Labute approximate surface area is 146 Å². The highest BCUT2D eigenvalue weighted by atomic mass is 19.1. The van der Waals surface area contributed by atoms with E-state index in [9.17, 15) is 9.59 Å². The molecule has 1 heterocycles. The summed E-state index contributed by atoms with van der Waals surface area (Å²) in [6.07, 6.45) is 2.92. The van der Waals surface area contributed by atoms with Crippen molar-refractivity contribution in [3.63, 3.8) is 0 Å². The third-order valence-electron chi connectivity index (χ3n) is 4.49. The van der Waals surface area contributed by atoms with E-state index in [0.717, 1.165) is 19.3 Å². The number of amides is 1. The Hall–Kier alpha value is -2.69. The Morgan fingerprint density at radius 2 is 1.68 bits per heavy atom. The molecule has 5 heteroatoms. The molecule has 1 aliphatic heterocycles. The number of halogens is 1. The van der Waals surface area contributed by atoms with Crippen LogP contribution in [-0.4, -0.2) is 37.0 Å². The zero-order chi connectivity index (χ0) is 17.8. The van der Waals surface area contributed by atoms with Gasteiger partial charge in [0.25, 0.3) is 5.91 Å². The minimum absolute atomic E-state index is 0.0610. The normalized spacial score (nSPS) is 14.2. The maximum Gasteiger partial charge on any atom is 0.341 e. The van der Waals surface area contributed by atoms with E-state index in [1.165, 1.54) is 13.2 Å². The van der Waals surface area contributed by atoms with Crippen LogP contribution < -0.4 is 0 Å². The molecular formula is C20H20FNO3. The number of carbonyl (C=O) groups excluding carboxylic acids is 2. The van der Waals surface area contributed by atoms with E-state index in [2.05, 4.69) is 0 Å². The number of rotatable bonds is 3. The van der Waals surface area contributed by atoms with E-state index in [4.69, 9.17) is 4.74 Å². The molecular weight excluding hydrogens is 321 g/mol. The van der Waals surface area contributed by atoms with Crippen molar-refractivity contribution in [2.75, 3.05) is 20.2 Å². The summed E-state index contributed by atoms with van der Waals surface area (Å²) in [6, 6.07) is 12.0. The molecule has 0 radical (unpaired) electrons. The summed E-state index contributed by atoms with van der Waals surface area (Å²) in [5.41, 5.74) is 0.684. The minimum atomic E-state index is -0.837. The summed E-state index contributed by atoms with van der Waals surface area (Å²) in [7, 11) is 1.19. The lowest BCUT2D eigenvalue weighted by atomic mass is 9.96. The van der Waals surface area contributed by atoms with E-state index in [1.54, 1.807) is 35.2 Å². The lowest BCUT2D eigenvalue weighted by Crippen LogP contribution is -2.36. The Morgan fingerprint density at radius 1 is 1.00 bits per heavy atom. The Kier molecular flexibility index (Phi) is 5.12. The smallest absolute Gasteiger partial charge is 0.341 e. The molecule has 0 bridgehead atoms. The summed E-state index contributed by atoms with van der Waals surface area (Å²) in [4.78, 5) is 26.7. The van der Waals surface area contributed by atoms with Gasteiger partial charge in [0.15, 0.2) is 0 Å². The number of hydrogen-bond donors (Lipinski definition) is 0. The summed E-state index contributed by atoms with van der Waals surface area (Å²) in [5.74, 6) is -1.88. The maximum atomic E-state index is 15.1. The molecule has 4 nitrogen and oxygen atoms in total. The van der Waals surface area contributed by atoms with Gasteiger partial charge in [0.1, 0.15) is 11.4 Å². The number of likely N-dealkylation sites (tertiary alicyclic amines) is 1. The third kappa shape index (κ3) is 3.40. The highest BCUT2D eigenvalue weighted by molar-refractivity contribution is 6.06. The molecule has 0 unspecified atom stereocenters. The summed E-state index contributed by atoms with van der Waals surface area (Å²) >= 11 is 0. The van der Waals surface area contributed by atoms with Crippen LogP contribution in [-0.2, 0) is 4.74 Å². The zero-order valence-electron chi connectivity index (χ0n) is 14.1. The monoisotopic (exact) mass is 341 g/mol. The number of methoxy groups -OCH3 is 1. The molecule has 0 spiro atoms. The van der Waals surface area contributed by atoms with E-state index < -0.39 is 11.8 Å². The predicted octanol–water partition coefficient (Wildman–Crippen LogP) is 3.91. The van der Waals surface area contributed by atoms with E-state index in [-0.39, 0.29) is 22.6 Å². The molecule has 2 aromatic carbocycles. The average molecular weight is 341 g/mol. The first-order valence-corrected chi connectivity index (χ1v) is 8.39. The van der Waals surface area contributed by atoms with Crippen molar-refractivity contribution in [2.45, 2.75) is 19.3 Å². The van der Waals surface area contributed by atoms with Crippen molar-refractivity contribution in [1.82, 2.24) is 4.90 Å². The van der Waals surface area contributed by atoms with E-state index in [1.807, 2.05) is 6.07 Å². The van der Waals surface area contributed by atoms with Gasteiger partial charge in [-0.25, -0.2) is 9.18 Å². The fraction of sp³-hybridized carbons (Fsp3) is 0.300. The Bertz CT molecular complexity index is 783. The second kappa shape index (κ2) is 7.47. The molecule has 1 aliphatic rings. The first kappa shape index (κ1) is 17.1. The van der Waals surface area contributed by atoms with Crippen LogP contribution in [0.4, 0.5) is 4.39 Å². The molecule has 1 saturated heterocycles. The number of esters is 1. The van der Waals surface area contributed by atoms with Crippen LogP contribution >= 0.6 is 0 Å². The van der Waals surface area contributed by atoms with Crippen LogP contribution in [0.3, 0.4) is 0 Å². The number of benzene rings is 2. The van der Waals surface area contributed by atoms with Gasteiger partial charge in [-0.1, -0.05) is 36.4 Å². The first-order valence-electron chi connectivity index (χ1n) is 8.39. The fourth-order valence-corrected chi connectivity index (χ4v) is 3.16. The van der Waals surface area contributed by atoms with Crippen molar-refractivity contribution < 1.29 is 18.7 Å². The number of nitrogens with zero attached hydrogens (tertiary/aromatic N) is 1. The lowest BCUT2D eigenvalue weighted by molar-refractivity contribution is 0.0582. The quantitative estimate of drug-likeness (QED) is 0.795. The number of carbonyl (C=O) groups is 2. The average Bonchev–Trinajstić information content (AvgIpc) is 2.68. The number of ether oxygens (including phenoxy) is 1. The van der Waals surface area contributed by atoms with Gasteiger partial charge in [0, 0.05) is 18.7 Å². The van der Waals surface area contributed by atoms with Gasteiger partial charge in [-0.05, 0) is 30.9 Å². The molecule has 1 fully saturated rings. The summed E-state index contributed by atoms with van der Waals surface area (Å²) < 4.78 is 19.8. The second-order valence-corrected chi connectivity index (χ2v) is 6.06. The van der Waals surface area contributed by atoms with Gasteiger partial charge in [0.05, 0.1) is 12.7 Å². The number of hydrogen-bond acceptors (Lipinski definition) is 3. The molecule has 0 atom stereocenters. The standard InChI is InChI=1S/C20H20FNO3/c1-25-20(24)17-16(19(23)22-12-6-3-7-13-22)11-10-15(18(17)21)14-8-4-2-5-9-14/h2,4-5,8-11H,3,6-7,12-13H2,1H3. The minimum Gasteiger partial charge on any atom is -0.465 e. The van der Waals surface area contributed by atoms with Gasteiger partial charge in [-0.3, -0.25) is 4.79 Å². The zero-order valence-corrected chi connectivity index (χ0v) is 14.1.